The summed E-state index contributed by atoms with van der Waals surface area (Å²) in [6, 6.07) is 3.82. The van der Waals surface area contributed by atoms with Gasteiger partial charge in [-0.3, -0.25) is 14.7 Å². The van der Waals surface area contributed by atoms with E-state index in [1.807, 2.05) is 12.1 Å². The van der Waals surface area contributed by atoms with E-state index in [4.69, 9.17) is 0 Å². The normalized spacial score (nSPS) is 21.5. The first kappa shape index (κ1) is 19.8. The lowest BCUT2D eigenvalue weighted by Crippen LogP contribution is -2.39. The van der Waals surface area contributed by atoms with Gasteiger partial charge in [-0.05, 0) is 75.6 Å². The van der Waals surface area contributed by atoms with E-state index in [-0.39, 0.29) is 5.91 Å². The molecule has 3 rings (SSSR count). The van der Waals surface area contributed by atoms with Crippen molar-refractivity contribution in [3.8, 4) is 0 Å². The van der Waals surface area contributed by atoms with Gasteiger partial charge in [-0.15, -0.1) is 0 Å². The summed E-state index contributed by atoms with van der Waals surface area (Å²) >= 11 is 0. The van der Waals surface area contributed by atoms with Crippen molar-refractivity contribution in [1.82, 2.24) is 15.2 Å². The summed E-state index contributed by atoms with van der Waals surface area (Å²) in [6.07, 6.45) is 12.4. The first-order chi connectivity index (χ1) is 13.1. The molecular weight excluding hydrogens is 334 g/mol. The summed E-state index contributed by atoms with van der Waals surface area (Å²) in [7, 11) is 0. The van der Waals surface area contributed by atoms with Crippen molar-refractivity contribution in [2.24, 2.45) is 11.8 Å². The van der Waals surface area contributed by atoms with Gasteiger partial charge in [0.2, 0.25) is 5.91 Å². The number of hydrogen-bond donors (Lipinski definition) is 1. The van der Waals surface area contributed by atoms with E-state index in [1.54, 1.807) is 18.0 Å². The highest BCUT2D eigenvalue weighted by Gasteiger charge is 2.22. The highest BCUT2D eigenvalue weighted by atomic mass is 16.1. The smallest absolute Gasteiger partial charge is 0.224 e. The summed E-state index contributed by atoms with van der Waals surface area (Å²) in [5.41, 5.74) is 3.91. The van der Waals surface area contributed by atoms with Crippen LogP contribution in [0.3, 0.4) is 0 Å². The molecule has 4 nitrogen and oxygen atoms in total. The largest absolute Gasteiger partial charge is 0.356 e. The summed E-state index contributed by atoms with van der Waals surface area (Å²) in [5.74, 6) is 1.40. The van der Waals surface area contributed by atoms with Gasteiger partial charge in [-0.1, -0.05) is 29.9 Å². The van der Waals surface area contributed by atoms with E-state index in [9.17, 15) is 4.79 Å². The minimum Gasteiger partial charge on any atom is -0.356 e. The summed E-state index contributed by atoms with van der Waals surface area (Å²) < 4.78 is 0. The van der Waals surface area contributed by atoms with E-state index < -0.39 is 0 Å². The molecule has 1 fully saturated rings. The summed E-state index contributed by atoms with van der Waals surface area (Å²) in [6.45, 7) is 10.5. The van der Waals surface area contributed by atoms with E-state index in [2.05, 4.69) is 34.8 Å². The molecule has 1 aliphatic carbocycles. The second-order valence-electron chi connectivity index (χ2n) is 8.24. The van der Waals surface area contributed by atoms with E-state index >= 15 is 0 Å². The Morgan fingerprint density at radius 1 is 1.33 bits per heavy atom. The topological polar surface area (TPSA) is 45.2 Å². The van der Waals surface area contributed by atoms with Gasteiger partial charge in [0, 0.05) is 25.5 Å². The lowest BCUT2D eigenvalue weighted by atomic mass is 9.85. The van der Waals surface area contributed by atoms with Crippen LogP contribution in [-0.2, 0) is 11.2 Å². The van der Waals surface area contributed by atoms with E-state index in [1.165, 1.54) is 37.7 Å². The minimum atomic E-state index is 0.102. The molecule has 1 aliphatic heterocycles. The second-order valence-corrected chi connectivity index (χ2v) is 8.24. The highest BCUT2D eigenvalue weighted by Crippen LogP contribution is 2.29. The molecule has 146 valence electrons. The number of nitrogens with one attached hydrogen (secondary N) is 1. The molecule has 1 amide bonds. The van der Waals surface area contributed by atoms with Crippen LogP contribution in [0.1, 0.15) is 44.6 Å². The Kier molecular flexibility index (Phi) is 7.22. The van der Waals surface area contributed by atoms with Crippen LogP contribution in [0.5, 0.6) is 0 Å². The highest BCUT2D eigenvalue weighted by molar-refractivity contribution is 5.78. The number of amides is 1. The quantitative estimate of drug-likeness (QED) is 0.747. The fraction of sp³-hybridized carbons (Fsp3) is 0.565. The number of rotatable bonds is 7. The van der Waals surface area contributed by atoms with Crippen molar-refractivity contribution in [2.45, 2.75) is 45.4 Å². The maximum atomic E-state index is 12.1. The first-order valence-electron chi connectivity index (χ1n) is 10.3. The second kappa shape index (κ2) is 9.84. The number of nitrogens with zero attached hydrogens (tertiary/aromatic N) is 2. The van der Waals surface area contributed by atoms with Gasteiger partial charge in [0.1, 0.15) is 0 Å². The van der Waals surface area contributed by atoms with Crippen molar-refractivity contribution in [2.75, 3.05) is 26.2 Å². The van der Waals surface area contributed by atoms with Crippen molar-refractivity contribution in [3.05, 3.63) is 53.9 Å². The molecule has 0 aromatic carbocycles. The van der Waals surface area contributed by atoms with Crippen LogP contribution >= 0.6 is 0 Å². The molecule has 1 aromatic rings. The predicted molar refractivity (Wildman–Crippen MR) is 110 cm³/mol. The third-order valence-corrected chi connectivity index (χ3v) is 6.01. The Morgan fingerprint density at radius 2 is 2.15 bits per heavy atom. The van der Waals surface area contributed by atoms with Crippen LogP contribution in [0.15, 0.2) is 48.3 Å². The maximum Gasteiger partial charge on any atom is 0.224 e. The number of pyridine rings is 1. The first-order valence-corrected chi connectivity index (χ1v) is 10.3. The molecule has 2 aliphatic rings. The molecule has 0 unspecified atom stereocenters. The molecule has 0 radical (unpaired) electrons. The number of carbonyl (C=O) groups is 1. The Balaban J connectivity index is 1.33. The zero-order valence-electron chi connectivity index (χ0n) is 16.6. The van der Waals surface area contributed by atoms with Crippen LogP contribution in [0.4, 0.5) is 0 Å². The average molecular weight is 368 g/mol. The third kappa shape index (κ3) is 6.31. The number of likely N-dealkylation sites (tertiary alicyclic amines) is 1. The molecule has 0 spiro atoms. The average Bonchev–Trinajstić information content (AvgIpc) is 2.69. The van der Waals surface area contributed by atoms with Crippen molar-refractivity contribution in [3.63, 3.8) is 0 Å². The zero-order chi connectivity index (χ0) is 19.1. The molecule has 27 heavy (non-hydrogen) atoms. The van der Waals surface area contributed by atoms with Gasteiger partial charge in [0.15, 0.2) is 0 Å². The molecule has 2 heterocycles. The summed E-state index contributed by atoms with van der Waals surface area (Å²) in [5, 5.41) is 3.11. The standard InChI is InChI=1S/C23H33N3O/c1-18(2)22-7-5-20(6-8-22)17-26-12-9-19(10-13-26)16-25-23(27)14-21-4-3-11-24-15-21/h3-5,11,15,19,22H,1,6-10,12-14,16-17H2,2H3,(H,25,27)/t22-/m1/s1. The van der Waals surface area contributed by atoms with Crippen molar-refractivity contribution < 1.29 is 4.79 Å². The Labute approximate surface area is 163 Å². The Bertz CT molecular complexity index is 659. The number of carbonyl (C=O) groups excluding carboxylic acids is 1. The van der Waals surface area contributed by atoms with Crippen LogP contribution in [-0.4, -0.2) is 42.0 Å². The third-order valence-electron chi connectivity index (χ3n) is 6.01. The van der Waals surface area contributed by atoms with Crippen molar-refractivity contribution >= 4 is 5.91 Å². The summed E-state index contributed by atoms with van der Waals surface area (Å²) in [4.78, 5) is 18.7. The molecule has 4 heteroatoms. The predicted octanol–water partition coefficient (Wildman–Crippen LogP) is 3.75. The molecule has 1 N–H and O–H groups in total. The van der Waals surface area contributed by atoms with Crippen LogP contribution in [0.25, 0.3) is 0 Å². The van der Waals surface area contributed by atoms with Gasteiger partial charge in [0.25, 0.3) is 0 Å². The SMILES string of the molecule is C=C(C)[C@@H]1CC=C(CN2CCC(CNC(=O)Cc3cccnc3)CC2)CC1. The van der Waals surface area contributed by atoms with Gasteiger partial charge in [-0.25, -0.2) is 0 Å². The van der Waals surface area contributed by atoms with E-state index in [0.717, 1.165) is 31.7 Å². The molecule has 0 bridgehead atoms. The van der Waals surface area contributed by atoms with Crippen LogP contribution in [0, 0.1) is 11.8 Å². The fourth-order valence-corrected chi connectivity index (χ4v) is 4.12. The lowest BCUT2D eigenvalue weighted by Gasteiger charge is -2.33. The number of allylic oxidation sites excluding steroid dienone is 2. The molecule has 1 atom stereocenters. The van der Waals surface area contributed by atoms with Gasteiger partial charge < -0.3 is 5.32 Å². The number of hydrogen-bond acceptors (Lipinski definition) is 3. The van der Waals surface area contributed by atoms with E-state index in [0.29, 0.717) is 18.3 Å². The number of piperidine rings is 1. The minimum absolute atomic E-state index is 0.102. The van der Waals surface area contributed by atoms with Crippen LogP contribution in [0.2, 0.25) is 0 Å². The molecule has 0 saturated carbocycles. The van der Waals surface area contributed by atoms with Crippen LogP contribution < -0.4 is 5.32 Å². The molecule has 1 saturated heterocycles. The maximum absolute atomic E-state index is 12.1. The Morgan fingerprint density at radius 3 is 2.78 bits per heavy atom. The monoisotopic (exact) mass is 367 g/mol. The van der Waals surface area contributed by atoms with Gasteiger partial charge in [-0.2, -0.15) is 0 Å². The van der Waals surface area contributed by atoms with Crippen molar-refractivity contribution in [1.29, 1.82) is 0 Å². The van der Waals surface area contributed by atoms with Gasteiger partial charge in [0.05, 0.1) is 6.42 Å². The molecular formula is C23H33N3O. The fourth-order valence-electron chi connectivity index (χ4n) is 4.12. The Hall–Kier alpha value is -1.94. The number of aromatic nitrogens is 1. The van der Waals surface area contributed by atoms with Gasteiger partial charge >= 0.3 is 0 Å². The lowest BCUT2D eigenvalue weighted by molar-refractivity contribution is -0.120. The molecule has 1 aromatic heterocycles. The zero-order valence-corrected chi connectivity index (χ0v) is 16.6.